The fraction of sp³-hybridized carbons (Fsp3) is 0.333. The largest absolute Gasteiger partial charge is 0.395 e. The Labute approximate surface area is 117 Å². The maximum absolute atomic E-state index is 9.32. The zero-order chi connectivity index (χ0) is 13.2. The second-order valence-electron chi connectivity index (χ2n) is 4.76. The minimum absolute atomic E-state index is 0.120. The third kappa shape index (κ3) is 2.22. The molecular weight excluding hydrogens is 256 g/mol. The molecule has 0 fully saturated rings. The molecule has 1 aromatic heterocycles. The lowest BCUT2D eigenvalue weighted by molar-refractivity contribution is 0.274. The molecule has 0 radical (unpaired) electrons. The van der Waals surface area contributed by atoms with Crippen LogP contribution >= 0.6 is 12.2 Å². The number of hydrogen-bond acceptors (Lipinski definition) is 3. The zero-order valence-electron chi connectivity index (χ0n) is 10.7. The summed E-state index contributed by atoms with van der Waals surface area (Å²) in [7, 11) is 0. The van der Waals surface area contributed by atoms with Gasteiger partial charge in [-0.2, -0.15) is 0 Å². The normalized spacial score (nSPS) is 13.5. The van der Waals surface area contributed by atoms with E-state index in [-0.39, 0.29) is 6.61 Å². The van der Waals surface area contributed by atoms with Crippen molar-refractivity contribution in [3.63, 3.8) is 0 Å². The topological polar surface area (TPSA) is 38.0 Å². The lowest BCUT2D eigenvalue weighted by atomic mass is 10.2. The minimum Gasteiger partial charge on any atom is -0.395 e. The molecule has 3 nitrogen and oxygen atoms in total. The first kappa shape index (κ1) is 12.5. The first-order valence-corrected chi connectivity index (χ1v) is 7.01. The number of fused-ring (bicyclic) bond motifs is 1. The van der Waals surface area contributed by atoms with Crippen LogP contribution in [0.2, 0.25) is 0 Å². The van der Waals surface area contributed by atoms with Gasteiger partial charge in [0.25, 0.3) is 0 Å². The number of rotatable bonds is 3. The van der Waals surface area contributed by atoms with Gasteiger partial charge in [-0.1, -0.05) is 42.5 Å². The number of hydrogen-bond donors (Lipinski definition) is 1. The summed E-state index contributed by atoms with van der Waals surface area (Å²) in [5.41, 5.74) is 3.51. The van der Waals surface area contributed by atoms with Gasteiger partial charge in [0, 0.05) is 23.4 Å². The van der Waals surface area contributed by atoms with Crippen molar-refractivity contribution in [2.24, 2.45) is 0 Å². The van der Waals surface area contributed by atoms with Gasteiger partial charge in [0.2, 0.25) is 0 Å². The average Bonchev–Trinajstić information content (AvgIpc) is 2.93. The Morgan fingerprint density at radius 2 is 2.00 bits per heavy atom. The molecule has 98 valence electrons. The first-order chi connectivity index (χ1) is 9.31. The van der Waals surface area contributed by atoms with Gasteiger partial charge in [0.1, 0.15) is 10.5 Å². The van der Waals surface area contributed by atoms with Crippen LogP contribution in [0.25, 0.3) is 11.4 Å². The standard InChI is InChI=1S/C15H16N2OS/c18-10-9-17-13-8-4-7-12(13)15(19)16-14(17)11-5-2-1-3-6-11/h1-3,5-6,18H,4,7-10H2. The summed E-state index contributed by atoms with van der Waals surface area (Å²) in [4.78, 5) is 4.60. The highest BCUT2D eigenvalue weighted by molar-refractivity contribution is 7.71. The number of aliphatic hydroxyl groups is 1. The fourth-order valence-electron chi connectivity index (χ4n) is 2.76. The molecule has 0 atom stereocenters. The summed E-state index contributed by atoms with van der Waals surface area (Å²) < 4.78 is 2.86. The first-order valence-electron chi connectivity index (χ1n) is 6.60. The Balaban J connectivity index is 2.24. The van der Waals surface area contributed by atoms with Crippen LogP contribution in [-0.4, -0.2) is 21.3 Å². The van der Waals surface area contributed by atoms with Crippen LogP contribution in [0.3, 0.4) is 0 Å². The van der Waals surface area contributed by atoms with Crippen LogP contribution in [0, 0.1) is 4.64 Å². The molecular formula is C15H16N2OS. The van der Waals surface area contributed by atoms with Gasteiger partial charge < -0.3 is 9.67 Å². The number of benzene rings is 1. The number of aromatic nitrogens is 2. The van der Waals surface area contributed by atoms with Crippen LogP contribution in [0.5, 0.6) is 0 Å². The molecule has 4 heteroatoms. The molecule has 0 unspecified atom stereocenters. The van der Waals surface area contributed by atoms with Gasteiger partial charge in [-0.25, -0.2) is 4.98 Å². The summed E-state index contributed by atoms with van der Waals surface area (Å²) in [6.45, 7) is 0.699. The predicted molar refractivity (Wildman–Crippen MR) is 77.6 cm³/mol. The second kappa shape index (κ2) is 5.23. The van der Waals surface area contributed by atoms with Crippen molar-refractivity contribution < 1.29 is 5.11 Å². The highest BCUT2D eigenvalue weighted by atomic mass is 32.1. The molecule has 0 spiro atoms. The van der Waals surface area contributed by atoms with E-state index in [1.807, 2.05) is 30.3 Å². The summed E-state index contributed by atoms with van der Waals surface area (Å²) in [5.74, 6) is 0.875. The molecule has 0 saturated carbocycles. The van der Waals surface area contributed by atoms with Crippen molar-refractivity contribution in [1.29, 1.82) is 0 Å². The molecule has 0 aliphatic heterocycles. The van der Waals surface area contributed by atoms with E-state index in [1.54, 1.807) is 0 Å². The molecule has 1 aliphatic carbocycles. The molecule has 0 bridgehead atoms. The Bertz CT molecular complexity index is 649. The summed E-state index contributed by atoms with van der Waals surface area (Å²) in [6, 6.07) is 10.0. The molecule has 1 aliphatic rings. The monoisotopic (exact) mass is 272 g/mol. The van der Waals surface area contributed by atoms with E-state index in [0.717, 1.165) is 35.3 Å². The third-order valence-corrected chi connectivity index (χ3v) is 3.93. The molecule has 0 saturated heterocycles. The molecule has 19 heavy (non-hydrogen) atoms. The minimum atomic E-state index is 0.120. The molecule has 1 N–H and O–H groups in total. The van der Waals surface area contributed by atoms with Crippen LogP contribution in [0.15, 0.2) is 30.3 Å². The van der Waals surface area contributed by atoms with Gasteiger partial charge in [-0.05, 0) is 19.3 Å². The van der Waals surface area contributed by atoms with E-state index in [9.17, 15) is 5.11 Å². The van der Waals surface area contributed by atoms with Gasteiger partial charge >= 0.3 is 0 Å². The van der Waals surface area contributed by atoms with Crippen molar-refractivity contribution in [2.45, 2.75) is 25.8 Å². The van der Waals surface area contributed by atoms with Gasteiger partial charge in [0.05, 0.1) is 6.61 Å². The van der Waals surface area contributed by atoms with Crippen LogP contribution in [0.1, 0.15) is 17.7 Å². The summed E-state index contributed by atoms with van der Waals surface area (Å²) in [5, 5.41) is 9.32. The van der Waals surface area contributed by atoms with Crippen molar-refractivity contribution >= 4 is 12.2 Å². The maximum atomic E-state index is 9.32. The lowest BCUT2D eigenvalue weighted by Crippen LogP contribution is -2.14. The van der Waals surface area contributed by atoms with Crippen molar-refractivity contribution in [3.05, 3.63) is 46.2 Å². The predicted octanol–water partition coefficient (Wildman–Crippen LogP) is 2.76. The van der Waals surface area contributed by atoms with Crippen molar-refractivity contribution in [1.82, 2.24) is 9.55 Å². The van der Waals surface area contributed by atoms with Gasteiger partial charge in [-0.15, -0.1) is 0 Å². The third-order valence-electron chi connectivity index (χ3n) is 3.59. The van der Waals surface area contributed by atoms with E-state index in [1.165, 1.54) is 11.3 Å². The quantitative estimate of drug-likeness (QED) is 0.873. The molecule has 1 heterocycles. The Morgan fingerprint density at radius 3 is 2.74 bits per heavy atom. The van der Waals surface area contributed by atoms with Gasteiger partial charge in [0.15, 0.2) is 0 Å². The van der Waals surface area contributed by atoms with Crippen molar-refractivity contribution in [3.8, 4) is 11.4 Å². The number of aliphatic hydroxyl groups excluding tert-OH is 1. The molecule has 1 aromatic carbocycles. The average molecular weight is 272 g/mol. The van der Waals surface area contributed by atoms with E-state index < -0.39 is 0 Å². The summed E-state index contributed by atoms with van der Waals surface area (Å²) in [6.07, 6.45) is 3.17. The fourth-order valence-corrected chi connectivity index (χ4v) is 3.06. The van der Waals surface area contributed by atoms with Crippen LogP contribution < -0.4 is 0 Å². The Kier molecular flexibility index (Phi) is 3.44. The maximum Gasteiger partial charge on any atom is 0.141 e. The Morgan fingerprint density at radius 1 is 1.21 bits per heavy atom. The Hall–Kier alpha value is -1.52. The van der Waals surface area contributed by atoms with Crippen molar-refractivity contribution in [2.75, 3.05) is 6.61 Å². The second-order valence-corrected chi connectivity index (χ2v) is 5.15. The van der Waals surface area contributed by atoms with Gasteiger partial charge in [-0.3, -0.25) is 0 Å². The van der Waals surface area contributed by atoms with E-state index in [0.29, 0.717) is 6.54 Å². The molecule has 3 rings (SSSR count). The molecule has 2 aromatic rings. The van der Waals surface area contributed by atoms with E-state index >= 15 is 0 Å². The summed E-state index contributed by atoms with van der Waals surface area (Å²) >= 11 is 5.42. The van der Waals surface area contributed by atoms with Crippen LogP contribution in [-0.2, 0) is 19.4 Å². The van der Waals surface area contributed by atoms with Crippen LogP contribution in [0.4, 0.5) is 0 Å². The zero-order valence-corrected chi connectivity index (χ0v) is 11.5. The highest BCUT2D eigenvalue weighted by Gasteiger charge is 2.19. The smallest absolute Gasteiger partial charge is 0.141 e. The van der Waals surface area contributed by atoms with E-state index in [2.05, 4.69) is 9.55 Å². The highest BCUT2D eigenvalue weighted by Crippen LogP contribution is 2.27. The molecule has 0 amide bonds. The SMILES string of the molecule is OCCn1c(-c2ccccc2)nc(=S)c2c1CCC2. The lowest BCUT2D eigenvalue weighted by Gasteiger charge is -2.17. The van der Waals surface area contributed by atoms with E-state index in [4.69, 9.17) is 12.2 Å². The number of nitrogens with zero attached hydrogens (tertiary/aromatic N) is 2.